The van der Waals surface area contributed by atoms with Crippen LogP contribution in [0.15, 0.2) is 47.2 Å². The Bertz CT molecular complexity index is 516. The second-order valence-electron chi connectivity index (χ2n) is 3.83. The SMILES string of the molecule is Oc1cccc(CC(O)c2cncc(Br)c2)c1. The normalized spacial score (nSPS) is 12.4. The largest absolute Gasteiger partial charge is 0.508 e. The molecule has 0 radical (unpaired) electrons. The van der Waals surface area contributed by atoms with Crippen molar-refractivity contribution in [2.24, 2.45) is 0 Å². The second kappa shape index (κ2) is 5.29. The fourth-order valence-electron chi connectivity index (χ4n) is 1.64. The summed E-state index contributed by atoms with van der Waals surface area (Å²) in [6.45, 7) is 0. The van der Waals surface area contributed by atoms with Crippen molar-refractivity contribution < 1.29 is 10.2 Å². The van der Waals surface area contributed by atoms with Crippen LogP contribution in [0.1, 0.15) is 17.2 Å². The number of hydrogen-bond acceptors (Lipinski definition) is 3. The first kappa shape index (κ1) is 12.1. The molecular weight excluding hydrogens is 282 g/mol. The summed E-state index contributed by atoms with van der Waals surface area (Å²) in [5.74, 6) is 0.210. The molecule has 1 aromatic carbocycles. The summed E-state index contributed by atoms with van der Waals surface area (Å²) in [5, 5.41) is 19.4. The van der Waals surface area contributed by atoms with Crippen LogP contribution < -0.4 is 0 Å². The molecule has 1 unspecified atom stereocenters. The molecular formula is C13H12BrNO2. The average molecular weight is 294 g/mol. The third kappa shape index (κ3) is 3.28. The highest BCUT2D eigenvalue weighted by Crippen LogP contribution is 2.22. The zero-order valence-electron chi connectivity index (χ0n) is 9.05. The number of aliphatic hydroxyl groups excluding tert-OH is 1. The van der Waals surface area contributed by atoms with Crippen molar-refractivity contribution in [3.05, 3.63) is 58.3 Å². The molecule has 0 amide bonds. The number of benzene rings is 1. The summed E-state index contributed by atoms with van der Waals surface area (Å²) in [4.78, 5) is 4.01. The van der Waals surface area contributed by atoms with Gasteiger partial charge in [-0.25, -0.2) is 0 Å². The van der Waals surface area contributed by atoms with Gasteiger partial charge in [0.15, 0.2) is 0 Å². The summed E-state index contributed by atoms with van der Waals surface area (Å²) >= 11 is 3.31. The van der Waals surface area contributed by atoms with E-state index in [1.54, 1.807) is 30.6 Å². The van der Waals surface area contributed by atoms with Crippen LogP contribution in [0.2, 0.25) is 0 Å². The Labute approximate surface area is 108 Å². The Hall–Kier alpha value is -1.39. The van der Waals surface area contributed by atoms with E-state index in [-0.39, 0.29) is 5.75 Å². The van der Waals surface area contributed by atoms with Crippen molar-refractivity contribution in [1.29, 1.82) is 0 Å². The van der Waals surface area contributed by atoms with Crippen molar-refractivity contribution in [3.63, 3.8) is 0 Å². The third-order valence-electron chi connectivity index (χ3n) is 2.45. The number of phenols is 1. The monoisotopic (exact) mass is 293 g/mol. The van der Waals surface area contributed by atoms with Crippen LogP contribution in [0.5, 0.6) is 5.75 Å². The van der Waals surface area contributed by atoms with E-state index in [1.165, 1.54) is 0 Å². The van der Waals surface area contributed by atoms with Crippen molar-refractivity contribution in [2.75, 3.05) is 0 Å². The molecule has 0 bridgehead atoms. The predicted molar refractivity (Wildman–Crippen MR) is 68.7 cm³/mol. The summed E-state index contributed by atoms with van der Waals surface area (Å²) in [7, 11) is 0. The number of aromatic nitrogens is 1. The minimum Gasteiger partial charge on any atom is -0.508 e. The van der Waals surface area contributed by atoms with Gasteiger partial charge in [0.25, 0.3) is 0 Å². The number of rotatable bonds is 3. The minimum atomic E-state index is -0.623. The van der Waals surface area contributed by atoms with Crippen LogP contribution in [-0.4, -0.2) is 15.2 Å². The number of aromatic hydroxyl groups is 1. The average Bonchev–Trinajstić information content (AvgIpc) is 2.29. The van der Waals surface area contributed by atoms with Gasteiger partial charge in [0, 0.05) is 28.9 Å². The summed E-state index contributed by atoms with van der Waals surface area (Å²) in [6.07, 6.45) is 3.14. The minimum absolute atomic E-state index is 0.210. The molecule has 1 aromatic heterocycles. The molecule has 1 atom stereocenters. The van der Waals surface area contributed by atoms with Gasteiger partial charge in [-0.1, -0.05) is 12.1 Å². The molecule has 17 heavy (non-hydrogen) atoms. The zero-order chi connectivity index (χ0) is 12.3. The Morgan fingerprint density at radius 3 is 2.76 bits per heavy atom. The number of aliphatic hydroxyl groups is 1. The number of halogens is 1. The Morgan fingerprint density at radius 1 is 1.24 bits per heavy atom. The molecule has 0 aliphatic heterocycles. The van der Waals surface area contributed by atoms with Crippen LogP contribution in [0.3, 0.4) is 0 Å². The first-order chi connectivity index (χ1) is 8.15. The lowest BCUT2D eigenvalue weighted by Crippen LogP contribution is -2.02. The summed E-state index contributed by atoms with van der Waals surface area (Å²) in [5.41, 5.74) is 1.64. The molecule has 3 nitrogen and oxygen atoms in total. The predicted octanol–water partition coefficient (Wildman–Crippen LogP) is 2.83. The lowest BCUT2D eigenvalue weighted by Gasteiger charge is -2.11. The van der Waals surface area contributed by atoms with Crippen LogP contribution in [0.4, 0.5) is 0 Å². The van der Waals surface area contributed by atoms with Crippen LogP contribution in [-0.2, 0) is 6.42 Å². The quantitative estimate of drug-likeness (QED) is 0.915. The van der Waals surface area contributed by atoms with Gasteiger partial charge in [-0.2, -0.15) is 0 Å². The maximum absolute atomic E-state index is 10.0. The topological polar surface area (TPSA) is 53.4 Å². The van der Waals surface area contributed by atoms with E-state index in [2.05, 4.69) is 20.9 Å². The molecule has 2 rings (SSSR count). The third-order valence-corrected chi connectivity index (χ3v) is 2.88. The highest BCUT2D eigenvalue weighted by atomic mass is 79.9. The first-order valence-corrected chi connectivity index (χ1v) is 6.01. The standard InChI is InChI=1S/C13H12BrNO2/c14-11-6-10(7-15-8-11)13(17)5-9-2-1-3-12(16)4-9/h1-4,6-8,13,16-17H,5H2. The second-order valence-corrected chi connectivity index (χ2v) is 4.74. The van der Waals surface area contributed by atoms with Gasteiger partial charge in [0.2, 0.25) is 0 Å². The van der Waals surface area contributed by atoms with E-state index >= 15 is 0 Å². The Morgan fingerprint density at radius 2 is 2.06 bits per heavy atom. The van der Waals surface area contributed by atoms with E-state index in [0.29, 0.717) is 6.42 Å². The first-order valence-electron chi connectivity index (χ1n) is 5.21. The molecule has 0 spiro atoms. The molecule has 0 fully saturated rings. The molecule has 0 saturated heterocycles. The van der Waals surface area contributed by atoms with Gasteiger partial charge in [0.1, 0.15) is 5.75 Å². The van der Waals surface area contributed by atoms with E-state index in [1.807, 2.05) is 12.1 Å². The molecule has 0 aliphatic rings. The van der Waals surface area contributed by atoms with Crippen LogP contribution in [0, 0.1) is 0 Å². The maximum Gasteiger partial charge on any atom is 0.115 e. The zero-order valence-corrected chi connectivity index (χ0v) is 10.6. The van der Waals surface area contributed by atoms with E-state index < -0.39 is 6.10 Å². The van der Waals surface area contributed by atoms with Gasteiger partial charge in [-0.05, 0) is 39.7 Å². The fourth-order valence-corrected chi connectivity index (χ4v) is 2.02. The van der Waals surface area contributed by atoms with Crippen molar-refractivity contribution in [1.82, 2.24) is 4.98 Å². The summed E-state index contributed by atoms with van der Waals surface area (Å²) < 4.78 is 0.838. The van der Waals surface area contributed by atoms with E-state index in [4.69, 9.17) is 0 Å². The molecule has 0 aliphatic carbocycles. The number of phenolic OH excluding ortho intramolecular Hbond substituents is 1. The molecule has 2 N–H and O–H groups in total. The highest BCUT2D eigenvalue weighted by Gasteiger charge is 2.09. The van der Waals surface area contributed by atoms with Crippen molar-refractivity contribution in [2.45, 2.75) is 12.5 Å². The summed E-state index contributed by atoms with van der Waals surface area (Å²) in [6, 6.07) is 8.72. The fraction of sp³-hybridized carbons (Fsp3) is 0.154. The van der Waals surface area contributed by atoms with Crippen molar-refractivity contribution >= 4 is 15.9 Å². The van der Waals surface area contributed by atoms with Gasteiger partial charge in [0.05, 0.1) is 6.10 Å². The number of nitrogens with zero attached hydrogens (tertiary/aromatic N) is 1. The Kier molecular flexibility index (Phi) is 3.76. The molecule has 4 heteroatoms. The Balaban J connectivity index is 2.14. The van der Waals surface area contributed by atoms with Gasteiger partial charge >= 0.3 is 0 Å². The van der Waals surface area contributed by atoms with Gasteiger partial charge in [-0.15, -0.1) is 0 Å². The van der Waals surface area contributed by atoms with Crippen LogP contribution in [0.25, 0.3) is 0 Å². The lowest BCUT2D eigenvalue weighted by molar-refractivity contribution is 0.178. The maximum atomic E-state index is 10.0. The smallest absolute Gasteiger partial charge is 0.115 e. The number of hydrogen-bond donors (Lipinski definition) is 2. The van der Waals surface area contributed by atoms with Crippen molar-refractivity contribution in [3.8, 4) is 5.75 Å². The molecule has 88 valence electrons. The highest BCUT2D eigenvalue weighted by molar-refractivity contribution is 9.10. The van der Waals surface area contributed by atoms with Crippen LogP contribution >= 0.6 is 15.9 Å². The van der Waals surface area contributed by atoms with Gasteiger partial charge < -0.3 is 10.2 Å². The molecule has 2 aromatic rings. The van der Waals surface area contributed by atoms with Gasteiger partial charge in [-0.3, -0.25) is 4.98 Å². The molecule has 0 saturated carbocycles. The number of pyridine rings is 1. The lowest BCUT2D eigenvalue weighted by atomic mass is 10.0. The van der Waals surface area contributed by atoms with E-state index in [0.717, 1.165) is 15.6 Å². The molecule has 1 heterocycles. The van der Waals surface area contributed by atoms with E-state index in [9.17, 15) is 10.2 Å².